The number of aromatic nitrogens is 9. The quantitative estimate of drug-likeness (QED) is 0.0343. The van der Waals surface area contributed by atoms with Gasteiger partial charge in [-0.15, -0.1) is 5.10 Å². The molecule has 1 aliphatic carbocycles. The fourth-order valence-electron chi connectivity index (χ4n) is 13.4. The van der Waals surface area contributed by atoms with Gasteiger partial charge in [0.15, 0.2) is 0 Å². The Labute approximate surface area is 585 Å². The first-order chi connectivity index (χ1) is 47.9. The molecule has 6 aromatic carbocycles. The summed E-state index contributed by atoms with van der Waals surface area (Å²) in [5.74, 6) is 5.98. The molecule has 12 bridgehead atoms. The zero-order valence-electron chi connectivity index (χ0n) is 60.4. The van der Waals surface area contributed by atoms with Gasteiger partial charge in [0, 0.05) is 129 Å². The summed E-state index contributed by atoms with van der Waals surface area (Å²) in [6.07, 6.45) is 17.1. The van der Waals surface area contributed by atoms with Crippen molar-refractivity contribution < 1.29 is 28.4 Å². The van der Waals surface area contributed by atoms with Crippen molar-refractivity contribution in [2.75, 3.05) is 27.9 Å². The van der Waals surface area contributed by atoms with Crippen LogP contribution >= 0.6 is 0 Å². The molecular formula is C78H92N16O6. The van der Waals surface area contributed by atoms with Gasteiger partial charge in [0.1, 0.15) is 71.8 Å². The number of ether oxygens (including phenoxy) is 6. The molecule has 0 aliphatic heterocycles. The Balaban J connectivity index is 1.26. The molecule has 520 valence electrons. The Morgan fingerprint density at radius 2 is 0.740 bits per heavy atom. The molecule has 1 aliphatic rings. The number of rotatable bonds is 19. The van der Waals surface area contributed by atoms with Crippen LogP contribution < -0.4 is 34.2 Å². The first-order valence-corrected chi connectivity index (χ1v) is 33.9. The molecule has 4 heterocycles. The molecular weight excluding hydrogens is 1260 g/mol. The van der Waals surface area contributed by atoms with E-state index in [2.05, 4.69) is 136 Å². The number of hydrogen-bond donors (Lipinski definition) is 1. The molecule has 2 N–H and O–H groups in total. The van der Waals surface area contributed by atoms with Crippen LogP contribution in [0.25, 0.3) is 26.6 Å². The second-order valence-electron chi connectivity index (χ2n) is 29.1. The highest BCUT2D eigenvalue weighted by atomic mass is 16.5. The molecule has 11 rings (SSSR count). The maximum absolute atomic E-state index is 10.3. The van der Waals surface area contributed by atoms with E-state index in [-0.39, 0.29) is 61.7 Å². The van der Waals surface area contributed by atoms with Crippen molar-refractivity contribution in [1.29, 1.82) is 0 Å². The lowest BCUT2D eigenvalue weighted by atomic mass is 9.81. The number of hydrogen-bond acceptors (Lipinski definition) is 14. The summed E-state index contributed by atoms with van der Waals surface area (Å²) in [4.78, 5) is 20.9. The number of unbranched alkanes of at least 4 members (excludes halogenated alkanes) is 1. The molecule has 0 saturated heterocycles. The van der Waals surface area contributed by atoms with Crippen molar-refractivity contribution in [2.24, 2.45) is 37.1 Å². The van der Waals surface area contributed by atoms with Crippen LogP contribution in [0.1, 0.15) is 182 Å². The lowest BCUT2D eigenvalue weighted by Gasteiger charge is -2.27. The van der Waals surface area contributed by atoms with Gasteiger partial charge in [-0.3, -0.25) is 0 Å². The topological polar surface area (TPSA) is 263 Å². The highest BCUT2D eigenvalue weighted by molar-refractivity contribution is 5.64. The summed E-state index contributed by atoms with van der Waals surface area (Å²) in [6, 6.07) is 25.3. The molecule has 4 aromatic heterocycles. The average molecular weight is 1350 g/mol. The van der Waals surface area contributed by atoms with Gasteiger partial charge in [0.2, 0.25) is 0 Å². The predicted octanol–water partition coefficient (Wildman–Crippen LogP) is 16.1. The van der Waals surface area contributed by atoms with Gasteiger partial charge in [-0.05, 0) is 162 Å². The van der Waals surface area contributed by atoms with E-state index < -0.39 is 0 Å². The second-order valence-corrected chi connectivity index (χ2v) is 29.1. The Hall–Kier alpha value is -10.5. The minimum atomic E-state index is -0.368. The standard InChI is InChI=1S/C78H92N16O6/c1-76(2,3)60-32-48-26-54-38-63(86-88-80)40-56(70(54)95-13)28-50-34-61(77(4,5)6)36-52(74(50)99-46-68-83-21-24-92(68)11)30-58-42-66(94-65(44-85-90-94)18-16-17-19-79)43-59(72(58)97-15)31-53-37-62(78(7,8)9)35-51(75(53)100-47-69-84-22-25-93(69)12)29-57-41-64(87-89-81)39-55(71(57)96-14)27-49(33-60)73(48)98-45-67-82-20-23-91(67)10/h20-25,32-44H,16-19,26-31,45-47,79H2,1-15H3. The third-order valence-electron chi connectivity index (χ3n) is 18.8. The number of azide groups is 2. The molecule has 0 fully saturated rings. The van der Waals surface area contributed by atoms with Crippen LogP contribution in [0.5, 0.6) is 34.5 Å². The summed E-state index contributed by atoms with van der Waals surface area (Å²) in [6.45, 7) is 20.9. The number of fused-ring (bicyclic) bond motifs is 12. The third kappa shape index (κ3) is 15.8. The Morgan fingerprint density at radius 1 is 0.440 bits per heavy atom. The van der Waals surface area contributed by atoms with Crippen molar-refractivity contribution in [2.45, 2.75) is 156 Å². The molecule has 0 radical (unpaired) electrons. The number of methoxy groups -OCH3 is 3. The van der Waals surface area contributed by atoms with Gasteiger partial charge >= 0.3 is 0 Å². The fraction of sp³-hybridized carbons (Fsp3) is 0.397. The summed E-state index contributed by atoms with van der Waals surface area (Å²) in [5.41, 5.74) is 41.3. The minimum Gasteiger partial charge on any atom is -0.496 e. The van der Waals surface area contributed by atoms with E-state index in [1.54, 1.807) is 39.9 Å². The van der Waals surface area contributed by atoms with E-state index in [1.165, 1.54) is 0 Å². The van der Waals surface area contributed by atoms with Crippen LogP contribution in [0.4, 0.5) is 11.4 Å². The van der Waals surface area contributed by atoms with Crippen LogP contribution in [0.3, 0.4) is 0 Å². The average Bonchev–Trinajstić information content (AvgIpc) is 0.937. The van der Waals surface area contributed by atoms with E-state index in [4.69, 9.17) is 54.3 Å². The molecule has 22 heteroatoms. The summed E-state index contributed by atoms with van der Waals surface area (Å²) in [7, 11) is 11.0. The largest absolute Gasteiger partial charge is 0.496 e. The summed E-state index contributed by atoms with van der Waals surface area (Å²) >= 11 is 0. The molecule has 0 atom stereocenters. The lowest BCUT2D eigenvalue weighted by Crippen LogP contribution is -2.16. The number of benzene rings is 6. The van der Waals surface area contributed by atoms with Gasteiger partial charge < -0.3 is 47.9 Å². The van der Waals surface area contributed by atoms with E-state index >= 15 is 0 Å². The number of aryl methyl sites for hydroxylation is 4. The smallest absolute Gasteiger partial charge is 0.146 e. The monoisotopic (exact) mass is 1350 g/mol. The van der Waals surface area contributed by atoms with Gasteiger partial charge in [0.05, 0.1) is 38.9 Å². The van der Waals surface area contributed by atoms with Crippen molar-refractivity contribution >= 4 is 11.4 Å². The molecule has 0 unspecified atom stereocenters. The van der Waals surface area contributed by atoms with Crippen LogP contribution in [-0.4, -0.2) is 71.5 Å². The second kappa shape index (κ2) is 29.9. The highest BCUT2D eigenvalue weighted by Crippen LogP contribution is 2.46. The summed E-state index contributed by atoms with van der Waals surface area (Å²) in [5, 5.41) is 18.0. The number of nitrogens with zero attached hydrogens (tertiary/aromatic N) is 15. The van der Waals surface area contributed by atoms with Crippen molar-refractivity contribution in [3.63, 3.8) is 0 Å². The first kappa shape index (κ1) is 70.8. The van der Waals surface area contributed by atoms with E-state index in [1.807, 2.05) is 88.6 Å². The van der Waals surface area contributed by atoms with Gasteiger partial charge in [0.25, 0.3) is 0 Å². The Bertz CT molecular complexity index is 4500. The number of nitrogens with two attached hydrogens (primary N) is 1. The Kier molecular flexibility index (Phi) is 21.2. The minimum absolute atomic E-state index is 0.134. The fourth-order valence-corrected chi connectivity index (χ4v) is 13.4. The van der Waals surface area contributed by atoms with Crippen LogP contribution in [-0.2, 0) is 102 Å². The molecule has 22 nitrogen and oxygen atoms in total. The molecule has 0 amide bonds. The third-order valence-corrected chi connectivity index (χ3v) is 18.8. The molecule has 100 heavy (non-hydrogen) atoms. The lowest BCUT2D eigenvalue weighted by molar-refractivity contribution is 0.286. The van der Waals surface area contributed by atoms with E-state index in [0.717, 1.165) is 119 Å². The normalized spacial score (nSPS) is 12.6. The maximum atomic E-state index is 10.3. The van der Waals surface area contributed by atoms with Gasteiger partial charge in [-0.2, -0.15) is 0 Å². The SMILES string of the molecule is COc1c2cc(N=[N+]=[N-])cc1Cc1cc(C(C)(C)C)cc(c1OCc1nccn1C)Cc1cc(-n3nncc3CCCCN)cc(c1OC)Cc1cc(C(C)(C)C)cc(c1OCc1nccn1C)Cc1cc(N=[N+]=[N-])cc(c1OC)Cc1cc(C(C)(C)C)cc(c1OCc1nccn1C)C2. The van der Waals surface area contributed by atoms with E-state index in [0.29, 0.717) is 77.5 Å². The molecule has 0 saturated carbocycles. The van der Waals surface area contributed by atoms with Crippen molar-refractivity contribution in [3.8, 4) is 40.2 Å². The summed E-state index contributed by atoms with van der Waals surface area (Å²) < 4.78 is 49.6. The van der Waals surface area contributed by atoms with Gasteiger partial charge in [-0.25, -0.2) is 19.6 Å². The first-order valence-electron chi connectivity index (χ1n) is 33.9. The van der Waals surface area contributed by atoms with Crippen molar-refractivity contribution in [1.82, 2.24) is 43.6 Å². The maximum Gasteiger partial charge on any atom is 0.146 e. The van der Waals surface area contributed by atoms with Crippen LogP contribution in [0.15, 0.2) is 126 Å². The number of imidazole rings is 3. The van der Waals surface area contributed by atoms with Crippen LogP contribution in [0.2, 0.25) is 0 Å². The predicted molar refractivity (Wildman–Crippen MR) is 388 cm³/mol. The molecule has 10 aromatic rings. The highest BCUT2D eigenvalue weighted by Gasteiger charge is 2.30. The zero-order valence-corrected chi connectivity index (χ0v) is 60.4. The zero-order chi connectivity index (χ0) is 71.2. The van der Waals surface area contributed by atoms with Crippen molar-refractivity contribution in [3.05, 3.63) is 244 Å². The molecule has 0 spiro atoms. The Morgan fingerprint density at radius 3 is 1.00 bits per heavy atom. The van der Waals surface area contributed by atoms with Gasteiger partial charge in [-0.1, -0.05) is 114 Å². The van der Waals surface area contributed by atoms with Crippen LogP contribution in [0, 0.1) is 0 Å². The van der Waals surface area contributed by atoms with E-state index in [9.17, 15) is 11.1 Å².